The third-order valence-corrected chi connectivity index (χ3v) is 3.17. The molecule has 1 fully saturated rings. The Balaban J connectivity index is 0.00000200. The Morgan fingerprint density at radius 2 is 1.90 bits per heavy atom. The molecule has 1 heterocycles. The van der Waals surface area contributed by atoms with E-state index in [1.54, 1.807) is 12.1 Å². The van der Waals surface area contributed by atoms with Gasteiger partial charge in [0.15, 0.2) is 0 Å². The fraction of sp³-hybridized carbons (Fsp3) is 0.538. The standard InChI is InChI=1S/C13H17F3N2O.ClH/c14-13(15,16)19-12-3-1-2-10(8-12)9-18-6-4-11(17)5-7-18;/h1-3,8,11H,4-7,9,17H2;1H. The van der Waals surface area contributed by atoms with Gasteiger partial charge in [-0.15, -0.1) is 25.6 Å². The molecule has 1 aromatic carbocycles. The summed E-state index contributed by atoms with van der Waals surface area (Å²) >= 11 is 0. The van der Waals surface area contributed by atoms with E-state index >= 15 is 0 Å². The van der Waals surface area contributed by atoms with Crippen molar-refractivity contribution in [2.75, 3.05) is 13.1 Å². The molecule has 2 rings (SSSR count). The minimum absolute atomic E-state index is 0. The first-order valence-corrected chi connectivity index (χ1v) is 6.25. The third kappa shape index (κ3) is 5.56. The van der Waals surface area contributed by atoms with Gasteiger partial charge in [0.1, 0.15) is 5.75 Å². The van der Waals surface area contributed by atoms with Crippen LogP contribution in [0.25, 0.3) is 0 Å². The minimum atomic E-state index is -4.64. The number of hydrogen-bond donors (Lipinski definition) is 1. The zero-order valence-corrected chi connectivity index (χ0v) is 11.7. The second kappa shape index (κ2) is 7.15. The molecule has 1 aromatic rings. The van der Waals surface area contributed by atoms with E-state index in [2.05, 4.69) is 9.64 Å². The van der Waals surface area contributed by atoms with Gasteiger partial charge < -0.3 is 10.5 Å². The number of alkyl halides is 3. The fourth-order valence-electron chi connectivity index (χ4n) is 2.21. The highest BCUT2D eigenvalue weighted by molar-refractivity contribution is 5.85. The van der Waals surface area contributed by atoms with Crippen LogP contribution in [-0.4, -0.2) is 30.4 Å². The Kier molecular flexibility index (Phi) is 6.10. The number of rotatable bonds is 3. The first-order chi connectivity index (χ1) is 8.92. The summed E-state index contributed by atoms with van der Waals surface area (Å²) in [6.07, 6.45) is -2.78. The largest absolute Gasteiger partial charge is 0.573 e. The topological polar surface area (TPSA) is 38.5 Å². The van der Waals surface area contributed by atoms with Gasteiger partial charge in [-0.3, -0.25) is 4.90 Å². The molecule has 1 aliphatic rings. The Morgan fingerprint density at radius 1 is 1.25 bits per heavy atom. The summed E-state index contributed by atoms with van der Waals surface area (Å²) in [5.74, 6) is -0.168. The molecule has 2 N–H and O–H groups in total. The van der Waals surface area contributed by atoms with E-state index in [4.69, 9.17) is 5.73 Å². The molecule has 7 heteroatoms. The molecule has 0 radical (unpaired) electrons. The normalized spacial score (nSPS) is 17.6. The van der Waals surface area contributed by atoms with Crippen molar-refractivity contribution in [1.82, 2.24) is 4.90 Å². The number of likely N-dealkylation sites (tertiary alicyclic amines) is 1. The van der Waals surface area contributed by atoms with Crippen LogP contribution in [0.3, 0.4) is 0 Å². The highest BCUT2D eigenvalue weighted by Crippen LogP contribution is 2.24. The lowest BCUT2D eigenvalue weighted by Crippen LogP contribution is -2.39. The molecule has 1 aliphatic heterocycles. The summed E-state index contributed by atoms with van der Waals surface area (Å²) in [7, 11) is 0. The maximum atomic E-state index is 12.1. The molecule has 3 nitrogen and oxygen atoms in total. The van der Waals surface area contributed by atoms with Gasteiger partial charge in [-0.1, -0.05) is 12.1 Å². The summed E-state index contributed by atoms with van der Waals surface area (Å²) in [5, 5.41) is 0. The van der Waals surface area contributed by atoms with Gasteiger partial charge in [0.05, 0.1) is 0 Å². The molecule has 114 valence electrons. The lowest BCUT2D eigenvalue weighted by Gasteiger charge is -2.30. The monoisotopic (exact) mass is 310 g/mol. The first-order valence-electron chi connectivity index (χ1n) is 6.25. The molecular formula is C13H18ClF3N2O. The van der Waals surface area contributed by atoms with E-state index in [0.29, 0.717) is 6.54 Å². The van der Waals surface area contributed by atoms with Crippen molar-refractivity contribution in [2.24, 2.45) is 5.73 Å². The molecule has 20 heavy (non-hydrogen) atoms. The summed E-state index contributed by atoms with van der Waals surface area (Å²) in [6.45, 7) is 2.39. The van der Waals surface area contributed by atoms with Gasteiger partial charge in [0.25, 0.3) is 0 Å². The quantitative estimate of drug-likeness (QED) is 0.933. The third-order valence-electron chi connectivity index (χ3n) is 3.17. The van der Waals surface area contributed by atoms with Crippen LogP contribution in [0, 0.1) is 0 Å². The molecule has 0 amide bonds. The van der Waals surface area contributed by atoms with E-state index in [0.717, 1.165) is 31.5 Å². The van der Waals surface area contributed by atoms with Crippen molar-refractivity contribution >= 4 is 12.4 Å². The number of nitrogens with two attached hydrogens (primary N) is 1. The van der Waals surface area contributed by atoms with Crippen LogP contribution in [0.5, 0.6) is 5.75 Å². The van der Waals surface area contributed by atoms with Crippen LogP contribution in [0.2, 0.25) is 0 Å². The first kappa shape index (κ1) is 17.1. The predicted molar refractivity (Wildman–Crippen MR) is 72.9 cm³/mol. The maximum absolute atomic E-state index is 12.1. The van der Waals surface area contributed by atoms with Crippen molar-refractivity contribution in [3.05, 3.63) is 29.8 Å². The molecule has 0 atom stereocenters. The average Bonchev–Trinajstić information content (AvgIpc) is 2.30. The molecular weight excluding hydrogens is 293 g/mol. The summed E-state index contributed by atoms with van der Waals surface area (Å²) in [4.78, 5) is 2.19. The van der Waals surface area contributed by atoms with Crippen molar-refractivity contribution in [1.29, 1.82) is 0 Å². The van der Waals surface area contributed by atoms with Crippen LogP contribution >= 0.6 is 12.4 Å². The Hall–Kier alpha value is -0.980. The summed E-state index contributed by atoms with van der Waals surface area (Å²) in [6, 6.07) is 6.37. The Bertz CT molecular complexity index is 420. The van der Waals surface area contributed by atoms with Gasteiger partial charge in [-0.2, -0.15) is 0 Å². The van der Waals surface area contributed by atoms with Crippen LogP contribution in [0.4, 0.5) is 13.2 Å². The molecule has 0 spiro atoms. The van der Waals surface area contributed by atoms with Crippen LogP contribution < -0.4 is 10.5 Å². The van der Waals surface area contributed by atoms with E-state index in [9.17, 15) is 13.2 Å². The van der Waals surface area contributed by atoms with Gasteiger partial charge in [-0.25, -0.2) is 0 Å². The van der Waals surface area contributed by atoms with Gasteiger partial charge in [0.2, 0.25) is 0 Å². The molecule has 0 aromatic heterocycles. The summed E-state index contributed by atoms with van der Waals surface area (Å²) < 4.78 is 40.3. The zero-order chi connectivity index (χ0) is 13.9. The van der Waals surface area contributed by atoms with E-state index in [1.807, 2.05) is 0 Å². The predicted octanol–water partition coefficient (Wildman–Crippen LogP) is 2.93. The SMILES string of the molecule is Cl.NC1CCN(Cc2cccc(OC(F)(F)F)c2)CC1. The van der Waals surface area contributed by atoms with Crippen molar-refractivity contribution in [2.45, 2.75) is 31.8 Å². The van der Waals surface area contributed by atoms with Crippen molar-refractivity contribution in [3.8, 4) is 5.75 Å². The average molecular weight is 311 g/mol. The fourth-order valence-corrected chi connectivity index (χ4v) is 2.21. The number of hydrogen-bond acceptors (Lipinski definition) is 3. The molecule has 0 unspecified atom stereocenters. The molecule has 0 bridgehead atoms. The number of ether oxygens (including phenoxy) is 1. The Morgan fingerprint density at radius 3 is 2.50 bits per heavy atom. The van der Waals surface area contributed by atoms with E-state index in [1.165, 1.54) is 12.1 Å². The zero-order valence-electron chi connectivity index (χ0n) is 10.9. The minimum Gasteiger partial charge on any atom is -0.406 e. The molecule has 1 saturated heterocycles. The van der Waals surface area contributed by atoms with E-state index < -0.39 is 6.36 Å². The van der Waals surface area contributed by atoms with Crippen LogP contribution in [0.15, 0.2) is 24.3 Å². The highest BCUT2D eigenvalue weighted by Gasteiger charge is 2.31. The number of halogens is 4. The number of benzene rings is 1. The van der Waals surface area contributed by atoms with Crippen molar-refractivity contribution in [3.63, 3.8) is 0 Å². The van der Waals surface area contributed by atoms with Gasteiger partial charge in [0, 0.05) is 12.6 Å². The highest BCUT2D eigenvalue weighted by atomic mass is 35.5. The number of nitrogens with zero attached hydrogens (tertiary/aromatic N) is 1. The smallest absolute Gasteiger partial charge is 0.406 e. The number of piperidine rings is 1. The maximum Gasteiger partial charge on any atom is 0.573 e. The molecule has 0 aliphatic carbocycles. The van der Waals surface area contributed by atoms with Gasteiger partial charge in [-0.05, 0) is 43.6 Å². The lowest BCUT2D eigenvalue weighted by atomic mass is 10.1. The van der Waals surface area contributed by atoms with Crippen LogP contribution in [-0.2, 0) is 6.54 Å². The second-order valence-corrected chi connectivity index (χ2v) is 4.81. The van der Waals surface area contributed by atoms with Crippen molar-refractivity contribution < 1.29 is 17.9 Å². The second-order valence-electron chi connectivity index (χ2n) is 4.81. The van der Waals surface area contributed by atoms with Crippen LogP contribution in [0.1, 0.15) is 18.4 Å². The lowest BCUT2D eigenvalue weighted by molar-refractivity contribution is -0.274. The Labute approximate surface area is 122 Å². The summed E-state index contributed by atoms with van der Waals surface area (Å²) in [5.41, 5.74) is 6.63. The van der Waals surface area contributed by atoms with E-state index in [-0.39, 0.29) is 24.2 Å². The van der Waals surface area contributed by atoms with Gasteiger partial charge >= 0.3 is 6.36 Å². The molecule has 0 saturated carbocycles.